The molecular formula is C17H22O4. The van der Waals surface area contributed by atoms with Gasteiger partial charge >= 0.3 is 5.97 Å². The molecule has 4 heteroatoms. The summed E-state index contributed by atoms with van der Waals surface area (Å²) in [5, 5.41) is 0. The van der Waals surface area contributed by atoms with Crippen LogP contribution < -0.4 is 0 Å². The summed E-state index contributed by atoms with van der Waals surface area (Å²) in [5.74, 6) is -0.810. The molecule has 1 atom stereocenters. The number of hydrogen-bond acceptors (Lipinski definition) is 4. The summed E-state index contributed by atoms with van der Waals surface area (Å²) < 4.78 is 16.7. The molecule has 114 valence electrons. The maximum absolute atomic E-state index is 11.9. The van der Waals surface area contributed by atoms with E-state index in [1.807, 2.05) is 44.2 Å². The summed E-state index contributed by atoms with van der Waals surface area (Å²) in [7, 11) is 0. The molecule has 1 heterocycles. The van der Waals surface area contributed by atoms with Crippen molar-refractivity contribution < 1.29 is 19.0 Å². The van der Waals surface area contributed by atoms with Gasteiger partial charge in [-0.3, -0.25) is 0 Å². The zero-order valence-corrected chi connectivity index (χ0v) is 12.6. The minimum atomic E-state index is -0.659. The molecule has 0 radical (unpaired) electrons. The Hall–Kier alpha value is -1.65. The van der Waals surface area contributed by atoms with Crippen molar-refractivity contribution in [2.45, 2.75) is 26.1 Å². The molecule has 4 nitrogen and oxygen atoms in total. The fourth-order valence-electron chi connectivity index (χ4n) is 2.43. The number of carbonyl (C=O) groups is 1. The second-order valence-electron chi connectivity index (χ2n) is 5.28. The van der Waals surface area contributed by atoms with Gasteiger partial charge in [0.25, 0.3) is 0 Å². The molecule has 0 saturated carbocycles. The van der Waals surface area contributed by atoms with E-state index < -0.39 is 5.79 Å². The highest BCUT2D eigenvalue weighted by molar-refractivity contribution is 5.89. The van der Waals surface area contributed by atoms with E-state index in [2.05, 4.69) is 0 Å². The summed E-state index contributed by atoms with van der Waals surface area (Å²) in [5.41, 5.74) is 0.571. The van der Waals surface area contributed by atoms with Crippen LogP contribution in [-0.4, -0.2) is 31.6 Å². The molecule has 1 aliphatic rings. The molecule has 2 rings (SSSR count). The van der Waals surface area contributed by atoms with Gasteiger partial charge in [-0.15, -0.1) is 0 Å². The van der Waals surface area contributed by atoms with Gasteiger partial charge in [0, 0.05) is 6.42 Å². The fourth-order valence-corrected chi connectivity index (χ4v) is 2.43. The monoisotopic (exact) mass is 290 g/mol. The summed E-state index contributed by atoms with van der Waals surface area (Å²) in [6, 6.07) is 9.01. The first kappa shape index (κ1) is 15.7. The van der Waals surface area contributed by atoms with Crippen LogP contribution in [0.25, 0.3) is 0 Å². The Balaban J connectivity index is 1.84. The Morgan fingerprint density at radius 2 is 2.00 bits per heavy atom. The molecule has 21 heavy (non-hydrogen) atoms. The summed E-state index contributed by atoms with van der Waals surface area (Å²) in [4.78, 5) is 11.9. The number of rotatable bonds is 6. The van der Waals surface area contributed by atoms with E-state index >= 15 is 0 Å². The van der Waals surface area contributed by atoms with Crippen LogP contribution in [0, 0.1) is 5.92 Å². The molecule has 0 amide bonds. The molecule has 0 spiro atoms. The van der Waals surface area contributed by atoms with Crippen LogP contribution in [0.15, 0.2) is 42.5 Å². The van der Waals surface area contributed by atoms with Crippen LogP contribution in [0.4, 0.5) is 0 Å². The van der Waals surface area contributed by atoms with Crippen LogP contribution in [0.3, 0.4) is 0 Å². The zero-order valence-electron chi connectivity index (χ0n) is 12.6. The molecule has 0 N–H and O–H groups in total. The van der Waals surface area contributed by atoms with E-state index in [-0.39, 0.29) is 11.9 Å². The highest BCUT2D eigenvalue weighted by Gasteiger charge is 2.35. The number of hydrogen-bond donors (Lipinski definition) is 0. The van der Waals surface area contributed by atoms with Crippen LogP contribution >= 0.6 is 0 Å². The van der Waals surface area contributed by atoms with Gasteiger partial charge in [-0.2, -0.15) is 0 Å². The molecule has 1 unspecified atom stereocenters. The van der Waals surface area contributed by atoms with Crippen molar-refractivity contribution in [2.24, 2.45) is 5.92 Å². The van der Waals surface area contributed by atoms with E-state index in [1.54, 1.807) is 12.1 Å². The van der Waals surface area contributed by atoms with Crippen LogP contribution in [-0.2, 0) is 14.2 Å². The lowest BCUT2D eigenvalue weighted by atomic mass is 10.0. The van der Waals surface area contributed by atoms with E-state index in [9.17, 15) is 4.79 Å². The Kier molecular flexibility index (Phi) is 5.53. The van der Waals surface area contributed by atoms with Gasteiger partial charge in [-0.1, -0.05) is 31.2 Å². The van der Waals surface area contributed by atoms with Crippen LogP contribution in [0.1, 0.15) is 30.6 Å². The van der Waals surface area contributed by atoms with Crippen molar-refractivity contribution in [1.82, 2.24) is 0 Å². The lowest BCUT2D eigenvalue weighted by molar-refractivity contribution is -0.131. The first-order valence-electron chi connectivity index (χ1n) is 7.29. The molecule has 1 aromatic rings. The molecule has 1 fully saturated rings. The lowest BCUT2D eigenvalue weighted by Crippen LogP contribution is -2.31. The van der Waals surface area contributed by atoms with Crippen LogP contribution in [0.2, 0.25) is 0 Å². The van der Waals surface area contributed by atoms with E-state index in [4.69, 9.17) is 14.2 Å². The van der Waals surface area contributed by atoms with Gasteiger partial charge < -0.3 is 14.2 Å². The van der Waals surface area contributed by atoms with Gasteiger partial charge in [-0.25, -0.2) is 4.79 Å². The number of benzene rings is 1. The SMILES string of the molecule is C/C=C/C1(CC(C)COC(=O)c2ccccc2)OCCO1. The molecule has 0 aliphatic carbocycles. The Labute approximate surface area is 125 Å². The minimum absolute atomic E-state index is 0.145. The maximum Gasteiger partial charge on any atom is 0.338 e. The maximum atomic E-state index is 11.9. The normalized spacial score (nSPS) is 18.8. The smallest absolute Gasteiger partial charge is 0.338 e. The predicted molar refractivity (Wildman–Crippen MR) is 80.0 cm³/mol. The predicted octanol–water partition coefficient (Wildman–Crippen LogP) is 3.19. The van der Waals surface area contributed by atoms with Crippen molar-refractivity contribution in [3.8, 4) is 0 Å². The van der Waals surface area contributed by atoms with E-state index in [1.165, 1.54) is 0 Å². The molecular weight excluding hydrogens is 268 g/mol. The Bertz CT molecular complexity index is 475. The highest BCUT2D eigenvalue weighted by atomic mass is 16.7. The first-order valence-corrected chi connectivity index (χ1v) is 7.29. The van der Waals surface area contributed by atoms with Crippen molar-refractivity contribution in [1.29, 1.82) is 0 Å². The second kappa shape index (κ2) is 7.38. The first-order chi connectivity index (χ1) is 10.2. The molecule has 0 aromatic heterocycles. The summed E-state index contributed by atoms with van der Waals surface area (Å²) in [6.07, 6.45) is 4.52. The Morgan fingerprint density at radius 1 is 1.33 bits per heavy atom. The molecule has 1 aromatic carbocycles. The third-order valence-electron chi connectivity index (χ3n) is 3.34. The average Bonchev–Trinajstić information content (AvgIpc) is 2.94. The zero-order chi connectivity index (χ0) is 15.1. The number of allylic oxidation sites excluding steroid dienone is 1. The second-order valence-corrected chi connectivity index (χ2v) is 5.28. The van der Waals surface area contributed by atoms with Crippen molar-refractivity contribution in [3.05, 3.63) is 48.0 Å². The average molecular weight is 290 g/mol. The minimum Gasteiger partial charge on any atom is -0.462 e. The lowest BCUT2D eigenvalue weighted by Gasteiger charge is -2.26. The van der Waals surface area contributed by atoms with E-state index in [0.29, 0.717) is 31.8 Å². The van der Waals surface area contributed by atoms with Gasteiger partial charge in [-0.05, 0) is 31.1 Å². The third-order valence-corrected chi connectivity index (χ3v) is 3.34. The van der Waals surface area contributed by atoms with Crippen LogP contribution in [0.5, 0.6) is 0 Å². The van der Waals surface area contributed by atoms with Crippen molar-refractivity contribution in [2.75, 3.05) is 19.8 Å². The van der Waals surface area contributed by atoms with Crippen molar-refractivity contribution in [3.63, 3.8) is 0 Å². The van der Waals surface area contributed by atoms with Gasteiger partial charge in [0.05, 0.1) is 25.4 Å². The highest BCUT2D eigenvalue weighted by Crippen LogP contribution is 2.29. The van der Waals surface area contributed by atoms with Gasteiger partial charge in [0.15, 0.2) is 5.79 Å². The number of esters is 1. The number of carbonyl (C=O) groups excluding carboxylic acids is 1. The van der Waals surface area contributed by atoms with Gasteiger partial charge in [0.2, 0.25) is 0 Å². The molecule has 1 aliphatic heterocycles. The Morgan fingerprint density at radius 3 is 2.62 bits per heavy atom. The van der Waals surface area contributed by atoms with E-state index in [0.717, 1.165) is 0 Å². The molecule has 1 saturated heterocycles. The fraction of sp³-hybridized carbons (Fsp3) is 0.471. The topological polar surface area (TPSA) is 44.8 Å². The summed E-state index contributed by atoms with van der Waals surface area (Å²) >= 11 is 0. The summed E-state index contributed by atoms with van der Waals surface area (Å²) in [6.45, 7) is 5.50. The standard InChI is InChI=1S/C17H22O4/c1-3-9-17(20-10-11-21-17)12-14(2)13-19-16(18)15-7-5-4-6-8-15/h3-9,14H,10-13H2,1-2H3/b9-3+. The third kappa shape index (κ3) is 4.41. The largest absolute Gasteiger partial charge is 0.462 e. The number of ether oxygens (including phenoxy) is 3. The van der Waals surface area contributed by atoms with Gasteiger partial charge in [0.1, 0.15) is 0 Å². The van der Waals surface area contributed by atoms with Crippen molar-refractivity contribution >= 4 is 5.97 Å². The molecule has 0 bridgehead atoms. The quantitative estimate of drug-likeness (QED) is 0.596.